The summed E-state index contributed by atoms with van der Waals surface area (Å²) in [4.78, 5) is 13.3. The second-order valence-electron chi connectivity index (χ2n) is 5.03. The monoisotopic (exact) mass is 367 g/mol. The van der Waals surface area contributed by atoms with Crippen molar-refractivity contribution < 1.29 is 9.21 Å². The smallest absolute Gasteiger partial charge is 0.288 e. The minimum Gasteiger partial charge on any atom is -0.458 e. The molecule has 112 valence electrons. The summed E-state index contributed by atoms with van der Waals surface area (Å²) in [6.07, 6.45) is 1.49. The third-order valence-corrected chi connectivity index (χ3v) is 4.56. The molecule has 0 radical (unpaired) electrons. The highest BCUT2D eigenvalue weighted by Gasteiger charge is 2.16. The summed E-state index contributed by atoms with van der Waals surface area (Å²) in [5, 5.41) is 3.49. The summed E-state index contributed by atoms with van der Waals surface area (Å²) in [7, 11) is 0. The number of amides is 1. The Morgan fingerprint density at radius 2 is 1.86 bits per heavy atom. The highest BCUT2D eigenvalue weighted by molar-refractivity contribution is 9.10. The molecule has 0 aliphatic heterocycles. The Morgan fingerprint density at radius 3 is 2.38 bits per heavy atom. The average Bonchev–Trinajstić information content (AvgIpc) is 2.85. The molecule has 1 unspecified atom stereocenters. The van der Waals surface area contributed by atoms with E-state index in [9.17, 15) is 4.79 Å². The first-order chi connectivity index (χ1) is 9.97. The number of carbonyl (C=O) groups is 1. The molecule has 0 aliphatic carbocycles. The lowest BCUT2D eigenvalue weighted by Crippen LogP contribution is -2.26. The predicted octanol–water partition coefficient (Wildman–Crippen LogP) is 5.03. The first kappa shape index (κ1) is 16.2. The van der Waals surface area contributed by atoms with Gasteiger partial charge in [0.1, 0.15) is 0 Å². The van der Waals surface area contributed by atoms with E-state index in [1.165, 1.54) is 11.2 Å². The quantitative estimate of drug-likeness (QED) is 0.753. The van der Waals surface area contributed by atoms with Crippen LogP contribution in [0, 0.1) is 0 Å². The van der Waals surface area contributed by atoms with Crippen LogP contribution in [-0.4, -0.2) is 11.2 Å². The molecule has 0 spiro atoms. The van der Waals surface area contributed by atoms with Crippen LogP contribution >= 0.6 is 27.7 Å². The molecule has 3 nitrogen and oxygen atoms in total. The number of thioether (sulfide) groups is 1. The van der Waals surface area contributed by atoms with E-state index in [4.69, 9.17) is 4.42 Å². The fraction of sp³-hybridized carbons (Fsp3) is 0.312. The van der Waals surface area contributed by atoms with E-state index in [-0.39, 0.29) is 11.9 Å². The summed E-state index contributed by atoms with van der Waals surface area (Å²) < 4.78 is 5.83. The molecule has 5 heteroatoms. The van der Waals surface area contributed by atoms with E-state index in [2.05, 4.69) is 47.2 Å². The first-order valence-corrected chi connectivity index (χ1v) is 8.45. The van der Waals surface area contributed by atoms with Gasteiger partial charge in [-0.05, 0) is 46.6 Å². The summed E-state index contributed by atoms with van der Waals surface area (Å²) in [5.74, 6) is 0.0776. The molecule has 0 fully saturated rings. The van der Waals surface area contributed by atoms with Gasteiger partial charge in [0.15, 0.2) is 0 Å². The number of hydrogen-bond acceptors (Lipinski definition) is 3. The zero-order valence-electron chi connectivity index (χ0n) is 12.2. The highest BCUT2D eigenvalue weighted by atomic mass is 79.9. The Hall–Kier alpha value is -1.20. The molecule has 1 amide bonds. The van der Waals surface area contributed by atoms with E-state index < -0.39 is 0 Å². The maximum absolute atomic E-state index is 12.1. The Balaban J connectivity index is 2.01. The van der Waals surface area contributed by atoms with E-state index in [1.54, 1.807) is 6.07 Å². The van der Waals surface area contributed by atoms with Crippen molar-refractivity contribution in [3.63, 3.8) is 0 Å². The van der Waals surface area contributed by atoms with E-state index in [1.807, 2.05) is 30.8 Å². The third kappa shape index (κ3) is 4.38. The molecule has 0 saturated carbocycles. The van der Waals surface area contributed by atoms with Crippen molar-refractivity contribution in [2.24, 2.45) is 0 Å². The minimum absolute atomic E-state index is 0.0763. The van der Waals surface area contributed by atoms with Gasteiger partial charge in [0.05, 0.1) is 16.8 Å². The number of hydrogen-bond donors (Lipinski definition) is 1. The molecular weight excluding hydrogens is 350 g/mol. The van der Waals surface area contributed by atoms with Crippen molar-refractivity contribution in [3.8, 4) is 0 Å². The van der Waals surface area contributed by atoms with Gasteiger partial charge in [0, 0.05) is 10.1 Å². The van der Waals surface area contributed by atoms with Crippen molar-refractivity contribution in [3.05, 3.63) is 52.4 Å². The molecule has 0 aliphatic rings. The van der Waals surface area contributed by atoms with Crippen LogP contribution in [0.1, 0.15) is 42.9 Å². The summed E-state index contributed by atoms with van der Waals surface area (Å²) in [5.41, 5.74) is 1.07. The van der Waals surface area contributed by atoms with Gasteiger partial charge in [0.2, 0.25) is 5.76 Å². The normalized spacial score (nSPS) is 12.4. The first-order valence-electron chi connectivity index (χ1n) is 6.78. The van der Waals surface area contributed by atoms with Crippen LogP contribution in [0.2, 0.25) is 0 Å². The summed E-state index contributed by atoms with van der Waals surface area (Å²) in [6, 6.07) is 9.90. The van der Waals surface area contributed by atoms with Gasteiger partial charge in [-0.1, -0.05) is 26.0 Å². The van der Waals surface area contributed by atoms with Crippen molar-refractivity contribution in [1.29, 1.82) is 0 Å². The van der Waals surface area contributed by atoms with Crippen molar-refractivity contribution in [2.45, 2.75) is 37.0 Å². The van der Waals surface area contributed by atoms with Crippen LogP contribution in [0.25, 0.3) is 0 Å². The lowest BCUT2D eigenvalue weighted by atomic mass is 10.1. The van der Waals surface area contributed by atoms with Gasteiger partial charge < -0.3 is 9.73 Å². The van der Waals surface area contributed by atoms with Crippen molar-refractivity contribution in [2.75, 3.05) is 0 Å². The Kier molecular flexibility index (Phi) is 5.53. The van der Waals surface area contributed by atoms with E-state index in [0.717, 1.165) is 5.56 Å². The maximum atomic E-state index is 12.1. The highest BCUT2D eigenvalue weighted by Crippen LogP contribution is 2.25. The Labute approximate surface area is 137 Å². The molecule has 1 N–H and O–H groups in total. The molecule has 1 aromatic heterocycles. The molecular formula is C16H18BrNO2S. The standard InChI is InChI=1S/C16H18BrNO2S/c1-10(2)21-13-6-4-12(5-7-13)11(3)18-16(19)15-14(17)8-9-20-15/h4-11H,1-3H3,(H,18,19). The Morgan fingerprint density at radius 1 is 1.19 bits per heavy atom. The van der Waals surface area contributed by atoms with Gasteiger partial charge in [0.25, 0.3) is 5.91 Å². The average molecular weight is 368 g/mol. The van der Waals surface area contributed by atoms with Crippen LogP contribution < -0.4 is 5.32 Å². The number of halogens is 1. The van der Waals surface area contributed by atoms with Crippen LogP contribution in [0.5, 0.6) is 0 Å². The second kappa shape index (κ2) is 7.18. The fourth-order valence-electron chi connectivity index (χ4n) is 1.91. The minimum atomic E-state index is -0.222. The number of benzene rings is 1. The predicted molar refractivity (Wildman–Crippen MR) is 89.7 cm³/mol. The summed E-state index contributed by atoms with van der Waals surface area (Å²) >= 11 is 5.11. The molecule has 1 atom stereocenters. The largest absolute Gasteiger partial charge is 0.458 e. The van der Waals surface area contributed by atoms with Gasteiger partial charge in [-0.2, -0.15) is 0 Å². The molecule has 0 bridgehead atoms. The topological polar surface area (TPSA) is 42.2 Å². The van der Waals surface area contributed by atoms with Crippen LogP contribution in [0.3, 0.4) is 0 Å². The van der Waals surface area contributed by atoms with E-state index >= 15 is 0 Å². The van der Waals surface area contributed by atoms with Crippen molar-refractivity contribution >= 4 is 33.6 Å². The van der Waals surface area contributed by atoms with Gasteiger partial charge in [-0.15, -0.1) is 11.8 Å². The molecule has 21 heavy (non-hydrogen) atoms. The molecule has 1 aromatic carbocycles. The molecule has 0 saturated heterocycles. The number of rotatable bonds is 5. The number of furan rings is 1. The van der Waals surface area contributed by atoms with E-state index in [0.29, 0.717) is 15.5 Å². The second-order valence-corrected chi connectivity index (χ2v) is 7.53. The lowest BCUT2D eigenvalue weighted by Gasteiger charge is -2.14. The third-order valence-electron chi connectivity index (χ3n) is 2.92. The molecule has 2 rings (SSSR count). The molecule has 1 heterocycles. The van der Waals surface area contributed by atoms with Crippen molar-refractivity contribution in [1.82, 2.24) is 5.32 Å². The summed E-state index contributed by atoms with van der Waals surface area (Å²) in [6.45, 7) is 6.30. The van der Waals surface area contributed by atoms with Gasteiger partial charge in [-0.25, -0.2) is 0 Å². The Bertz CT molecular complexity index is 607. The lowest BCUT2D eigenvalue weighted by molar-refractivity contribution is 0.0911. The maximum Gasteiger partial charge on any atom is 0.288 e. The van der Waals surface area contributed by atoms with Gasteiger partial charge >= 0.3 is 0 Å². The van der Waals surface area contributed by atoms with Gasteiger partial charge in [-0.3, -0.25) is 4.79 Å². The van der Waals surface area contributed by atoms with Crippen LogP contribution in [0.15, 0.2) is 50.4 Å². The number of carbonyl (C=O) groups excluding carboxylic acids is 1. The molecule has 2 aromatic rings. The zero-order valence-corrected chi connectivity index (χ0v) is 14.6. The van der Waals surface area contributed by atoms with Crippen LogP contribution in [0.4, 0.5) is 0 Å². The zero-order chi connectivity index (χ0) is 15.4. The SMILES string of the molecule is CC(C)Sc1ccc(C(C)NC(=O)c2occc2Br)cc1. The van der Waals surface area contributed by atoms with Crippen LogP contribution in [-0.2, 0) is 0 Å². The fourth-order valence-corrected chi connectivity index (χ4v) is 3.13. The number of nitrogens with one attached hydrogen (secondary N) is 1.